The highest BCUT2D eigenvalue weighted by Crippen LogP contribution is 2.22. The third-order valence-corrected chi connectivity index (χ3v) is 10.9. The zero-order chi connectivity index (χ0) is 46.0. The molecule has 0 unspecified atom stereocenters. The minimum Gasteiger partial charge on any atom is -0.463 e. The summed E-state index contributed by atoms with van der Waals surface area (Å²) in [4.78, 5) is 27.4. The number of unbranched alkanes of at least 4 members (excludes halogenated alkanes) is 22. The Hall–Kier alpha value is -1.34. The summed E-state index contributed by atoms with van der Waals surface area (Å²) in [6.07, 6.45) is 36.4. The van der Waals surface area contributed by atoms with Crippen LogP contribution in [0.4, 0.5) is 0 Å². The molecule has 1 heterocycles. The van der Waals surface area contributed by atoms with Crippen LogP contribution >= 0.6 is 0 Å². The first kappa shape index (κ1) is 62.7. The zero-order valence-corrected chi connectivity index (χ0v) is 41.8. The van der Waals surface area contributed by atoms with Crippen molar-refractivity contribution in [2.75, 3.05) is 87.5 Å². The molecule has 1 fully saturated rings. The number of ether oxygens (including phenoxy) is 5. The molecule has 0 amide bonds. The lowest BCUT2D eigenvalue weighted by molar-refractivity contribution is -0.180. The van der Waals surface area contributed by atoms with Crippen LogP contribution < -0.4 is 0 Å². The van der Waals surface area contributed by atoms with Gasteiger partial charge in [-0.05, 0) is 99.1 Å². The number of aliphatic hydroxyl groups is 2. The Labute approximate surface area is 383 Å². The van der Waals surface area contributed by atoms with Crippen LogP contribution in [0.15, 0.2) is 0 Å². The maximum atomic E-state index is 11.7. The Morgan fingerprint density at radius 3 is 1.21 bits per heavy atom. The Morgan fingerprint density at radius 1 is 0.484 bits per heavy atom. The monoisotopic (exact) mass is 889 g/mol. The van der Waals surface area contributed by atoms with E-state index in [0.717, 1.165) is 71.6 Å². The number of hydrogen-bond donors (Lipinski definition) is 2. The molecule has 0 radical (unpaired) electrons. The SMILES string of the molecule is CCCCCCCCOCCCCCCCCCO.CCCCCCCCOCCCCCCCCCO.CN(C)CCCC(=O)OC[C@@H]1CC[C@H](OC(=O)CCCN(C)C)O1. The summed E-state index contributed by atoms with van der Waals surface area (Å²) >= 11 is 0. The predicted molar refractivity (Wildman–Crippen MR) is 258 cm³/mol. The quantitative estimate of drug-likeness (QED) is 0.0449. The summed E-state index contributed by atoms with van der Waals surface area (Å²) in [6, 6.07) is 0. The summed E-state index contributed by atoms with van der Waals surface area (Å²) in [5, 5.41) is 17.3. The summed E-state index contributed by atoms with van der Waals surface area (Å²) in [6.45, 7) is 11.0. The lowest BCUT2D eigenvalue weighted by Crippen LogP contribution is -2.23. The van der Waals surface area contributed by atoms with Gasteiger partial charge in [-0.25, -0.2) is 0 Å². The smallest absolute Gasteiger partial charge is 0.308 e. The fourth-order valence-corrected chi connectivity index (χ4v) is 7.00. The number of nitrogens with zero attached hydrogens (tertiary/aromatic N) is 2. The van der Waals surface area contributed by atoms with Crippen LogP contribution in [-0.2, 0) is 33.3 Å². The van der Waals surface area contributed by atoms with Crippen LogP contribution in [-0.4, -0.2) is 132 Å². The second-order valence-electron chi connectivity index (χ2n) is 17.9. The van der Waals surface area contributed by atoms with Crippen molar-refractivity contribution in [2.45, 2.75) is 232 Å². The fraction of sp³-hybridized carbons (Fsp3) is 0.961. The second-order valence-corrected chi connectivity index (χ2v) is 17.9. The number of carbonyl (C=O) groups excluding carboxylic acids is 2. The van der Waals surface area contributed by atoms with Gasteiger partial charge >= 0.3 is 11.9 Å². The van der Waals surface area contributed by atoms with E-state index in [-0.39, 0.29) is 24.6 Å². The van der Waals surface area contributed by atoms with Gasteiger partial charge < -0.3 is 43.7 Å². The molecule has 0 bridgehead atoms. The lowest BCUT2D eigenvalue weighted by Gasteiger charge is -2.15. The molecule has 11 heteroatoms. The lowest BCUT2D eigenvalue weighted by atomic mass is 10.1. The number of esters is 2. The molecule has 0 saturated carbocycles. The molecule has 1 saturated heterocycles. The third-order valence-electron chi connectivity index (χ3n) is 10.9. The van der Waals surface area contributed by atoms with Crippen molar-refractivity contribution in [3.8, 4) is 0 Å². The zero-order valence-electron chi connectivity index (χ0n) is 41.8. The van der Waals surface area contributed by atoms with Crippen molar-refractivity contribution in [2.24, 2.45) is 0 Å². The van der Waals surface area contributed by atoms with Crippen LogP contribution in [0.2, 0.25) is 0 Å². The van der Waals surface area contributed by atoms with Gasteiger partial charge in [-0.1, -0.05) is 142 Å². The molecule has 1 aliphatic rings. The van der Waals surface area contributed by atoms with E-state index in [1.54, 1.807) is 0 Å². The fourth-order valence-electron chi connectivity index (χ4n) is 7.00. The summed E-state index contributed by atoms with van der Waals surface area (Å²) in [5.41, 5.74) is 0. The molecule has 1 aliphatic heterocycles. The summed E-state index contributed by atoms with van der Waals surface area (Å²) in [7, 11) is 7.88. The second kappa shape index (κ2) is 52.3. The van der Waals surface area contributed by atoms with E-state index in [1.165, 1.54) is 154 Å². The molecular formula is C51H104N2O9. The van der Waals surface area contributed by atoms with Gasteiger partial charge in [0.2, 0.25) is 6.29 Å². The van der Waals surface area contributed by atoms with Gasteiger partial charge in [0.1, 0.15) is 6.61 Å². The molecule has 372 valence electrons. The molecule has 11 nitrogen and oxygen atoms in total. The van der Waals surface area contributed by atoms with Crippen molar-refractivity contribution in [1.82, 2.24) is 9.80 Å². The van der Waals surface area contributed by atoms with Crippen LogP contribution in [0.5, 0.6) is 0 Å². The maximum Gasteiger partial charge on any atom is 0.308 e. The maximum absolute atomic E-state index is 11.7. The van der Waals surface area contributed by atoms with E-state index in [4.69, 9.17) is 33.9 Å². The number of hydrogen-bond acceptors (Lipinski definition) is 11. The van der Waals surface area contributed by atoms with Gasteiger partial charge in [0, 0.05) is 58.9 Å². The highest BCUT2D eigenvalue weighted by Gasteiger charge is 2.29. The molecule has 0 aromatic heterocycles. The van der Waals surface area contributed by atoms with Crippen LogP contribution in [0.3, 0.4) is 0 Å². The van der Waals surface area contributed by atoms with Crippen molar-refractivity contribution < 1.29 is 43.5 Å². The van der Waals surface area contributed by atoms with Crippen molar-refractivity contribution in [3.05, 3.63) is 0 Å². The molecule has 2 atom stereocenters. The highest BCUT2D eigenvalue weighted by atomic mass is 16.7. The first-order chi connectivity index (χ1) is 30.2. The number of aliphatic hydroxyl groups excluding tert-OH is 2. The standard InChI is InChI=1S/C17H32N2O5.2C17H36O2/c1-18(2)11-5-7-15(20)22-13-14-9-10-17(23-14)24-16(21)8-6-12-19(3)4;2*1-2-3-4-5-10-13-16-19-17-14-11-8-6-7-9-12-15-18/h14,17H,5-13H2,1-4H3;2*18H,2-17H2,1H3/t14-,17-;;/m0../s1. The van der Waals surface area contributed by atoms with E-state index >= 15 is 0 Å². The molecule has 0 aliphatic carbocycles. The van der Waals surface area contributed by atoms with E-state index in [2.05, 4.69) is 13.8 Å². The average molecular weight is 889 g/mol. The minimum atomic E-state index is -0.505. The summed E-state index contributed by atoms with van der Waals surface area (Å²) < 4.78 is 27.4. The van der Waals surface area contributed by atoms with E-state index < -0.39 is 6.29 Å². The minimum absolute atomic E-state index is 0.178. The van der Waals surface area contributed by atoms with E-state index in [1.807, 2.05) is 38.0 Å². The number of carbonyl (C=O) groups is 2. The van der Waals surface area contributed by atoms with Gasteiger partial charge in [0.15, 0.2) is 0 Å². The Kier molecular flexibility index (Phi) is 52.9. The third kappa shape index (κ3) is 53.0. The van der Waals surface area contributed by atoms with Gasteiger partial charge in [-0.3, -0.25) is 9.59 Å². The van der Waals surface area contributed by atoms with Crippen LogP contribution in [0, 0.1) is 0 Å². The largest absolute Gasteiger partial charge is 0.463 e. The van der Waals surface area contributed by atoms with Crippen molar-refractivity contribution in [1.29, 1.82) is 0 Å². The molecule has 0 spiro atoms. The van der Waals surface area contributed by atoms with Crippen LogP contribution in [0.1, 0.15) is 219 Å². The van der Waals surface area contributed by atoms with E-state index in [9.17, 15) is 9.59 Å². The van der Waals surface area contributed by atoms with E-state index in [0.29, 0.717) is 32.5 Å². The molecule has 62 heavy (non-hydrogen) atoms. The van der Waals surface area contributed by atoms with Gasteiger partial charge in [0.05, 0.1) is 6.10 Å². The molecule has 1 rings (SSSR count). The normalized spacial score (nSPS) is 14.7. The predicted octanol–water partition coefficient (Wildman–Crippen LogP) is 11.4. The van der Waals surface area contributed by atoms with Crippen LogP contribution in [0.25, 0.3) is 0 Å². The Balaban J connectivity index is 0. The molecule has 0 aromatic rings. The molecule has 2 N–H and O–H groups in total. The Morgan fingerprint density at radius 2 is 0.839 bits per heavy atom. The molecular weight excluding hydrogens is 785 g/mol. The molecule has 0 aromatic carbocycles. The first-order valence-electron chi connectivity index (χ1n) is 25.9. The van der Waals surface area contributed by atoms with Crippen molar-refractivity contribution in [3.63, 3.8) is 0 Å². The van der Waals surface area contributed by atoms with Gasteiger partial charge in [-0.2, -0.15) is 0 Å². The Bertz CT molecular complexity index is 829. The summed E-state index contributed by atoms with van der Waals surface area (Å²) in [5.74, 6) is -0.437. The topological polar surface area (TPSA) is 127 Å². The van der Waals surface area contributed by atoms with Gasteiger partial charge in [-0.15, -0.1) is 0 Å². The highest BCUT2D eigenvalue weighted by molar-refractivity contribution is 5.69. The van der Waals surface area contributed by atoms with Crippen molar-refractivity contribution >= 4 is 11.9 Å². The first-order valence-corrected chi connectivity index (χ1v) is 25.9. The van der Waals surface area contributed by atoms with Gasteiger partial charge in [0.25, 0.3) is 0 Å². The number of rotatable bonds is 43. The average Bonchev–Trinajstić information content (AvgIpc) is 3.70.